The summed E-state index contributed by atoms with van der Waals surface area (Å²) in [7, 11) is 1.67. The van der Waals surface area contributed by atoms with Gasteiger partial charge in [-0.2, -0.15) is 0 Å². The van der Waals surface area contributed by atoms with Gasteiger partial charge in [0.1, 0.15) is 11.8 Å². The first kappa shape index (κ1) is 25.5. The van der Waals surface area contributed by atoms with Gasteiger partial charge in [-0.15, -0.1) is 0 Å². The van der Waals surface area contributed by atoms with Crippen LogP contribution in [0, 0.1) is 0 Å². The Kier molecular flexibility index (Phi) is 8.43. The molecule has 0 aliphatic carbocycles. The fourth-order valence-corrected chi connectivity index (χ4v) is 4.86. The van der Waals surface area contributed by atoms with E-state index < -0.39 is 6.04 Å². The van der Waals surface area contributed by atoms with Crippen LogP contribution in [0.2, 0.25) is 0 Å². The number of methoxy groups -OCH3 is 1. The van der Waals surface area contributed by atoms with E-state index in [-0.39, 0.29) is 30.7 Å². The number of hydrogen-bond acceptors (Lipinski definition) is 6. The predicted octanol–water partition coefficient (Wildman–Crippen LogP) is 1.74. The molecule has 0 saturated carbocycles. The molecule has 2 aliphatic rings. The molecule has 2 aliphatic heterocycles. The van der Waals surface area contributed by atoms with E-state index in [2.05, 4.69) is 20.4 Å². The third-order valence-electron chi connectivity index (χ3n) is 6.86. The Morgan fingerprint density at radius 1 is 1.03 bits per heavy atom. The number of anilines is 2. The minimum Gasteiger partial charge on any atom is -0.495 e. The molecule has 2 saturated heterocycles. The fourth-order valence-electron chi connectivity index (χ4n) is 4.86. The lowest BCUT2D eigenvalue weighted by Crippen LogP contribution is -2.60. The van der Waals surface area contributed by atoms with E-state index in [9.17, 15) is 14.4 Å². The molecule has 2 aromatic carbocycles. The number of piperazine rings is 2. The van der Waals surface area contributed by atoms with Crippen LogP contribution >= 0.6 is 0 Å². The van der Waals surface area contributed by atoms with Crippen molar-refractivity contribution in [2.24, 2.45) is 0 Å². The van der Waals surface area contributed by atoms with Gasteiger partial charge in [0.25, 0.3) is 0 Å². The SMILES string of the molecule is CCc1ccccc1NC(=O)CC1C(=O)NCCN1C(=O)CN1CCN(c2ccccc2OC)CC1. The standard InChI is InChI=1S/C27H35N5O4/c1-3-20-8-4-5-9-21(20)29-25(33)18-23-27(35)28-12-13-32(23)26(34)19-30-14-16-31(17-15-30)22-10-6-7-11-24(22)36-2/h4-11,23H,3,12-19H2,1-2H3,(H,28,35)(H,29,33). The molecule has 4 rings (SSSR count). The lowest BCUT2D eigenvalue weighted by Gasteiger charge is -2.39. The average Bonchev–Trinajstić information content (AvgIpc) is 2.90. The summed E-state index contributed by atoms with van der Waals surface area (Å²) in [6, 6.07) is 14.7. The zero-order valence-corrected chi connectivity index (χ0v) is 21.0. The highest BCUT2D eigenvalue weighted by Crippen LogP contribution is 2.28. The molecule has 2 heterocycles. The van der Waals surface area contributed by atoms with Crippen LogP contribution in [-0.2, 0) is 20.8 Å². The highest BCUT2D eigenvalue weighted by atomic mass is 16.5. The Bertz CT molecular complexity index is 1080. The van der Waals surface area contributed by atoms with Crippen LogP contribution in [0.25, 0.3) is 0 Å². The molecule has 2 N–H and O–H groups in total. The lowest BCUT2D eigenvalue weighted by atomic mass is 10.1. The molecule has 2 fully saturated rings. The Balaban J connectivity index is 1.34. The van der Waals surface area contributed by atoms with Crippen LogP contribution in [0.5, 0.6) is 5.75 Å². The van der Waals surface area contributed by atoms with Crippen LogP contribution < -0.4 is 20.3 Å². The van der Waals surface area contributed by atoms with Gasteiger partial charge in [0.2, 0.25) is 17.7 Å². The Morgan fingerprint density at radius 3 is 2.50 bits per heavy atom. The summed E-state index contributed by atoms with van der Waals surface area (Å²) in [5.41, 5.74) is 2.82. The summed E-state index contributed by atoms with van der Waals surface area (Å²) in [4.78, 5) is 44.7. The fraction of sp³-hybridized carbons (Fsp3) is 0.444. The average molecular weight is 494 g/mol. The first-order chi connectivity index (χ1) is 17.5. The molecular formula is C27H35N5O4. The number of benzene rings is 2. The topological polar surface area (TPSA) is 94.2 Å². The Hall–Kier alpha value is -3.59. The molecule has 1 unspecified atom stereocenters. The Labute approximate surface area is 212 Å². The highest BCUT2D eigenvalue weighted by Gasteiger charge is 2.35. The molecule has 192 valence electrons. The van der Waals surface area contributed by atoms with Gasteiger partial charge >= 0.3 is 0 Å². The number of amides is 3. The number of nitrogens with one attached hydrogen (secondary N) is 2. The first-order valence-electron chi connectivity index (χ1n) is 12.6. The minimum atomic E-state index is -0.810. The first-order valence-corrected chi connectivity index (χ1v) is 12.6. The molecule has 0 bridgehead atoms. The van der Waals surface area contributed by atoms with Crippen LogP contribution in [-0.4, -0.2) is 86.5 Å². The van der Waals surface area contributed by atoms with Gasteiger partial charge in [0, 0.05) is 45.0 Å². The molecule has 1 atom stereocenters. The van der Waals surface area contributed by atoms with Crippen molar-refractivity contribution in [2.75, 3.05) is 63.1 Å². The molecule has 0 aromatic heterocycles. The number of ether oxygens (including phenoxy) is 1. The third kappa shape index (κ3) is 5.96. The normalized spacial score (nSPS) is 18.5. The van der Waals surface area contributed by atoms with Crippen molar-refractivity contribution in [3.63, 3.8) is 0 Å². The van der Waals surface area contributed by atoms with E-state index in [1.165, 1.54) is 0 Å². The van der Waals surface area contributed by atoms with Crippen molar-refractivity contribution in [3.05, 3.63) is 54.1 Å². The van der Waals surface area contributed by atoms with Gasteiger partial charge < -0.3 is 25.2 Å². The van der Waals surface area contributed by atoms with E-state index >= 15 is 0 Å². The van der Waals surface area contributed by atoms with Gasteiger partial charge in [-0.25, -0.2) is 0 Å². The molecule has 9 heteroatoms. The monoisotopic (exact) mass is 493 g/mol. The van der Waals surface area contributed by atoms with Crippen LogP contribution in [0.4, 0.5) is 11.4 Å². The number of aryl methyl sites for hydroxylation is 1. The second-order valence-electron chi connectivity index (χ2n) is 9.09. The largest absolute Gasteiger partial charge is 0.495 e. The van der Waals surface area contributed by atoms with E-state index in [1.807, 2.05) is 55.5 Å². The van der Waals surface area contributed by atoms with E-state index in [4.69, 9.17) is 4.74 Å². The number of para-hydroxylation sites is 3. The molecule has 3 amide bonds. The molecule has 9 nitrogen and oxygen atoms in total. The van der Waals surface area contributed by atoms with Gasteiger partial charge in [0.05, 0.1) is 25.8 Å². The van der Waals surface area contributed by atoms with Crippen molar-refractivity contribution >= 4 is 29.1 Å². The summed E-state index contributed by atoms with van der Waals surface area (Å²) in [6.07, 6.45) is 0.715. The summed E-state index contributed by atoms with van der Waals surface area (Å²) in [6.45, 7) is 6.04. The minimum absolute atomic E-state index is 0.0722. The molecule has 2 aromatic rings. The second kappa shape index (κ2) is 11.9. The predicted molar refractivity (Wildman–Crippen MR) is 139 cm³/mol. The maximum Gasteiger partial charge on any atom is 0.243 e. The van der Waals surface area contributed by atoms with E-state index in [0.717, 1.165) is 55.3 Å². The Morgan fingerprint density at radius 2 is 1.75 bits per heavy atom. The van der Waals surface area contributed by atoms with Crippen molar-refractivity contribution in [2.45, 2.75) is 25.8 Å². The maximum absolute atomic E-state index is 13.3. The van der Waals surface area contributed by atoms with Crippen molar-refractivity contribution < 1.29 is 19.1 Å². The molecular weight excluding hydrogens is 458 g/mol. The van der Waals surface area contributed by atoms with Crippen molar-refractivity contribution in [1.82, 2.24) is 15.1 Å². The molecule has 0 spiro atoms. The van der Waals surface area contributed by atoms with Gasteiger partial charge in [0.15, 0.2) is 0 Å². The number of hydrogen-bond donors (Lipinski definition) is 2. The number of rotatable bonds is 8. The summed E-state index contributed by atoms with van der Waals surface area (Å²) in [5, 5.41) is 5.72. The van der Waals surface area contributed by atoms with Crippen LogP contribution in [0.3, 0.4) is 0 Å². The van der Waals surface area contributed by atoms with Gasteiger partial charge in [-0.1, -0.05) is 37.3 Å². The smallest absolute Gasteiger partial charge is 0.243 e. The molecule has 36 heavy (non-hydrogen) atoms. The van der Waals surface area contributed by atoms with Crippen LogP contribution in [0.1, 0.15) is 18.9 Å². The summed E-state index contributed by atoms with van der Waals surface area (Å²) < 4.78 is 5.49. The van der Waals surface area contributed by atoms with Crippen molar-refractivity contribution in [3.8, 4) is 5.75 Å². The lowest BCUT2D eigenvalue weighted by molar-refractivity contribution is -0.145. The number of carbonyl (C=O) groups is 3. The number of carbonyl (C=O) groups excluding carboxylic acids is 3. The highest BCUT2D eigenvalue weighted by molar-refractivity contribution is 5.98. The quantitative estimate of drug-likeness (QED) is 0.582. The van der Waals surface area contributed by atoms with E-state index in [0.29, 0.717) is 13.1 Å². The zero-order chi connectivity index (χ0) is 25.5. The summed E-state index contributed by atoms with van der Waals surface area (Å²) >= 11 is 0. The van der Waals surface area contributed by atoms with Crippen LogP contribution in [0.15, 0.2) is 48.5 Å². The van der Waals surface area contributed by atoms with Crippen molar-refractivity contribution in [1.29, 1.82) is 0 Å². The van der Waals surface area contributed by atoms with Gasteiger partial charge in [-0.3, -0.25) is 19.3 Å². The maximum atomic E-state index is 13.3. The van der Waals surface area contributed by atoms with Gasteiger partial charge in [-0.05, 0) is 30.2 Å². The zero-order valence-electron chi connectivity index (χ0n) is 21.0. The summed E-state index contributed by atoms with van der Waals surface area (Å²) in [5.74, 6) is 0.155. The van der Waals surface area contributed by atoms with E-state index in [1.54, 1.807) is 12.0 Å². The second-order valence-corrected chi connectivity index (χ2v) is 9.09. The number of nitrogens with zero attached hydrogens (tertiary/aromatic N) is 3. The third-order valence-corrected chi connectivity index (χ3v) is 6.86. The molecule has 0 radical (unpaired) electrons.